The van der Waals surface area contributed by atoms with E-state index in [0.717, 1.165) is 44.7 Å². The van der Waals surface area contributed by atoms with Gasteiger partial charge in [0.1, 0.15) is 0 Å². The Morgan fingerprint density at radius 1 is 1.24 bits per heavy atom. The van der Waals surface area contributed by atoms with E-state index >= 15 is 0 Å². The molecule has 1 saturated heterocycles. The van der Waals surface area contributed by atoms with E-state index in [1.54, 1.807) is 7.11 Å². The van der Waals surface area contributed by atoms with Gasteiger partial charge in [0.15, 0.2) is 0 Å². The van der Waals surface area contributed by atoms with E-state index < -0.39 is 0 Å². The second kappa shape index (κ2) is 6.91. The molecule has 116 valence electrons. The second-order valence-electron chi connectivity index (χ2n) is 6.50. The van der Waals surface area contributed by atoms with E-state index in [9.17, 15) is 0 Å². The third-order valence-electron chi connectivity index (χ3n) is 5.25. The highest BCUT2D eigenvalue weighted by atomic mass is 16.5. The fourth-order valence-corrected chi connectivity index (χ4v) is 3.91. The standard InChI is InChI=1S/C18H27NO2/c1-20-12-9-19-14-18(7-10-21-11-8-18)17-13-16(17)15-5-3-2-4-6-15/h2-6,16-17,19H,7-14H2,1H3. The number of nitrogens with one attached hydrogen (secondary N) is 1. The number of ether oxygens (including phenoxy) is 2. The first-order chi connectivity index (χ1) is 10.4. The van der Waals surface area contributed by atoms with Crippen molar-refractivity contribution in [3.8, 4) is 0 Å². The molecule has 1 aromatic rings. The molecule has 2 atom stereocenters. The zero-order valence-electron chi connectivity index (χ0n) is 13.0. The molecule has 3 rings (SSSR count). The lowest BCUT2D eigenvalue weighted by molar-refractivity contribution is 0.00134. The maximum Gasteiger partial charge on any atom is 0.0587 e. The summed E-state index contributed by atoms with van der Waals surface area (Å²) in [5.74, 6) is 1.58. The third-order valence-corrected chi connectivity index (χ3v) is 5.25. The molecule has 3 heteroatoms. The van der Waals surface area contributed by atoms with Gasteiger partial charge in [0, 0.05) is 33.4 Å². The van der Waals surface area contributed by atoms with Crippen LogP contribution in [-0.4, -0.2) is 40.0 Å². The van der Waals surface area contributed by atoms with Crippen molar-refractivity contribution in [2.75, 3.05) is 40.0 Å². The summed E-state index contributed by atoms with van der Waals surface area (Å²) in [6.07, 6.45) is 3.73. The molecule has 1 N–H and O–H groups in total. The SMILES string of the molecule is COCCNCC1(C2CC2c2ccccc2)CCOCC1. The normalized spacial score (nSPS) is 27.5. The van der Waals surface area contributed by atoms with Gasteiger partial charge < -0.3 is 14.8 Å². The molecular weight excluding hydrogens is 262 g/mol. The van der Waals surface area contributed by atoms with Gasteiger partial charge in [0.25, 0.3) is 0 Å². The molecule has 0 bridgehead atoms. The smallest absolute Gasteiger partial charge is 0.0587 e. The van der Waals surface area contributed by atoms with Gasteiger partial charge in [0.05, 0.1) is 6.61 Å². The molecule has 0 aromatic heterocycles. The van der Waals surface area contributed by atoms with Gasteiger partial charge in [-0.3, -0.25) is 0 Å². The van der Waals surface area contributed by atoms with Gasteiger partial charge in [-0.25, -0.2) is 0 Å². The lowest BCUT2D eigenvalue weighted by Gasteiger charge is -2.38. The van der Waals surface area contributed by atoms with Gasteiger partial charge in [0.2, 0.25) is 0 Å². The molecule has 1 saturated carbocycles. The fraction of sp³-hybridized carbons (Fsp3) is 0.667. The van der Waals surface area contributed by atoms with Crippen LogP contribution in [0.15, 0.2) is 30.3 Å². The first-order valence-corrected chi connectivity index (χ1v) is 8.18. The average Bonchev–Trinajstić information content (AvgIpc) is 3.35. The second-order valence-corrected chi connectivity index (χ2v) is 6.50. The predicted octanol–water partition coefficient (Wildman–Crippen LogP) is 2.82. The Morgan fingerprint density at radius 3 is 2.71 bits per heavy atom. The Labute approximate surface area is 128 Å². The Hall–Kier alpha value is -0.900. The van der Waals surface area contributed by atoms with Crippen molar-refractivity contribution >= 4 is 0 Å². The largest absolute Gasteiger partial charge is 0.383 e. The summed E-state index contributed by atoms with van der Waals surface area (Å²) >= 11 is 0. The van der Waals surface area contributed by atoms with Crippen LogP contribution in [0.1, 0.15) is 30.7 Å². The number of methoxy groups -OCH3 is 1. The van der Waals surface area contributed by atoms with Crippen molar-refractivity contribution < 1.29 is 9.47 Å². The summed E-state index contributed by atoms with van der Waals surface area (Å²) in [6, 6.07) is 11.0. The van der Waals surface area contributed by atoms with E-state index in [0.29, 0.717) is 5.41 Å². The summed E-state index contributed by atoms with van der Waals surface area (Å²) < 4.78 is 10.8. The zero-order valence-corrected chi connectivity index (χ0v) is 13.0. The van der Waals surface area contributed by atoms with Crippen LogP contribution in [0.25, 0.3) is 0 Å². The van der Waals surface area contributed by atoms with Crippen LogP contribution < -0.4 is 5.32 Å². The Bertz CT molecular complexity index is 428. The van der Waals surface area contributed by atoms with Gasteiger partial charge >= 0.3 is 0 Å². The molecule has 0 radical (unpaired) electrons. The van der Waals surface area contributed by atoms with Gasteiger partial charge in [-0.1, -0.05) is 30.3 Å². The minimum absolute atomic E-state index is 0.423. The van der Waals surface area contributed by atoms with Crippen LogP contribution >= 0.6 is 0 Å². The molecule has 2 aliphatic rings. The maximum atomic E-state index is 5.62. The first kappa shape index (κ1) is 15.0. The highest BCUT2D eigenvalue weighted by Gasteiger charge is 2.52. The molecule has 21 heavy (non-hydrogen) atoms. The quantitative estimate of drug-likeness (QED) is 0.783. The van der Waals surface area contributed by atoms with E-state index in [1.807, 2.05) is 0 Å². The zero-order chi connectivity index (χ0) is 14.5. The average molecular weight is 289 g/mol. The van der Waals surface area contributed by atoms with E-state index in [-0.39, 0.29) is 0 Å². The topological polar surface area (TPSA) is 30.5 Å². The minimum atomic E-state index is 0.423. The summed E-state index contributed by atoms with van der Waals surface area (Å²) in [4.78, 5) is 0. The molecule has 1 aliphatic heterocycles. The third kappa shape index (κ3) is 3.47. The lowest BCUT2D eigenvalue weighted by atomic mass is 9.74. The van der Waals surface area contributed by atoms with Crippen molar-refractivity contribution in [3.63, 3.8) is 0 Å². The van der Waals surface area contributed by atoms with Crippen LogP contribution in [0.4, 0.5) is 0 Å². The Kier molecular flexibility index (Phi) is 4.94. The van der Waals surface area contributed by atoms with Crippen molar-refractivity contribution in [3.05, 3.63) is 35.9 Å². The highest BCUT2D eigenvalue weighted by Crippen LogP contribution is 2.60. The highest BCUT2D eigenvalue weighted by molar-refractivity contribution is 5.27. The van der Waals surface area contributed by atoms with Gasteiger partial charge in [-0.15, -0.1) is 0 Å². The van der Waals surface area contributed by atoms with Crippen LogP contribution in [0, 0.1) is 11.3 Å². The fourth-order valence-electron chi connectivity index (χ4n) is 3.91. The van der Waals surface area contributed by atoms with Crippen molar-refractivity contribution in [2.24, 2.45) is 11.3 Å². The lowest BCUT2D eigenvalue weighted by Crippen LogP contribution is -2.42. The Morgan fingerprint density at radius 2 is 2.00 bits per heavy atom. The number of benzene rings is 1. The molecule has 0 spiro atoms. The first-order valence-electron chi connectivity index (χ1n) is 8.18. The number of rotatable bonds is 7. The molecule has 2 unspecified atom stereocenters. The molecule has 1 heterocycles. The molecule has 0 amide bonds. The summed E-state index contributed by atoms with van der Waals surface area (Å²) in [5, 5.41) is 3.61. The molecular formula is C18H27NO2. The predicted molar refractivity (Wildman–Crippen MR) is 84.5 cm³/mol. The summed E-state index contributed by atoms with van der Waals surface area (Å²) in [5.41, 5.74) is 1.94. The molecule has 1 aliphatic carbocycles. The van der Waals surface area contributed by atoms with Crippen LogP contribution in [-0.2, 0) is 9.47 Å². The van der Waals surface area contributed by atoms with E-state index in [1.165, 1.54) is 24.8 Å². The van der Waals surface area contributed by atoms with E-state index in [2.05, 4.69) is 35.6 Å². The molecule has 1 aromatic carbocycles. The van der Waals surface area contributed by atoms with Crippen molar-refractivity contribution in [2.45, 2.75) is 25.2 Å². The monoisotopic (exact) mass is 289 g/mol. The summed E-state index contributed by atoms with van der Waals surface area (Å²) in [6.45, 7) is 4.68. The minimum Gasteiger partial charge on any atom is -0.383 e. The van der Waals surface area contributed by atoms with Crippen molar-refractivity contribution in [1.82, 2.24) is 5.32 Å². The van der Waals surface area contributed by atoms with Gasteiger partial charge in [-0.05, 0) is 42.1 Å². The van der Waals surface area contributed by atoms with Crippen LogP contribution in [0.2, 0.25) is 0 Å². The Balaban J connectivity index is 1.63. The maximum absolute atomic E-state index is 5.62. The number of hydrogen-bond acceptors (Lipinski definition) is 3. The van der Waals surface area contributed by atoms with Crippen molar-refractivity contribution in [1.29, 1.82) is 0 Å². The van der Waals surface area contributed by atoms with E-state index in [4.69, 9.17) is 9.47 Å². The molecule has 3 nitrogen and oxygen atoms in total. The van der Waals surface area contributed by atoms with Crippen LogP contribution in [0.3, 0.4) is 0 Å². The molecule has 2 fully saturated rings. The number of hydrogen-bond donors (Lipinski definition) is 1. The summed E-state index contributed by atoms with van der Waals surface area (Å²) in [7, 11) is 1.76. The van der Waals surface area contributed by atoms with Gasteiger partial charge in [-0.2, -0.15) is 0 Å². The van der Waals surface area contributed by atoms with Crippen LogP contribution in [0.5, 0.6) is 0 Å².